The number of hydrogen-bond donors (Lipinski definition) is 1. The molecule has 0 saturated carbocycles. The van der Waals surface area contributed by atoms with E-state index in [2.05, 4.69) is 9.82 Å². The fraction of sp³-hybridized carbons (Fsp3) is 0.136. The molecule has 7 heteroatoms. The molecule has 0 bridgehead atoms. The van der Waals surface area contributed by atoms with E-state index in [9.17, 15) is 8.42 Å². The van der Waals surface area contributed by atoms with Crippen LogP contribution in [0, 0.1) is 6.92 Å². The molecule has 0 aliphatic heterocycles. The number of ether oxygens (including phenoxy) is 1. The van der Waals surface area contributed by atoms with Crippen molar-refractivity contribution >= 4 is 26.7 Å². The minimum Gasteiger partial charge on any atom is -0.497 e. The van der Waals surface area contributed by atoms with Gasteiger partial charge in [-0.3, -0.25) is 9.40 Å². The van der Waals surface area contributed by atoms with Crippen LogP contribution >= 0.6 is 0 Å². The van der Waals surface area contributed by atoms with E-state index >= 15 is 0 Å². The van der Waals surface area contributed by atoms with Crippen molar-refractivity contribution in [1.29, 1.82) is 0 Å². The summed E-state index contributed by atoms with van der Waals surface area (Å²) in [6.45, 7) is 2.58. The number of methoxy groups -OCH3 is 1. The molecule has 0 amide bonds. The number of benzene rings is 3. The molecule has 3 aromatic carbocycles. The maximum absolute atomic E-state index is 12.9. The van der Waals surface area contributed by atoms with Crippen LogP contribution in [-0.2, 0) is 16.6 Å². The SMILES string of the molecule is COc1cccc(S(=O)(=O)Nc2nn(Cc3ccc(C)cc3)c3ccccc23)c1. The lowest BCUT2D eigenvalue weighted by Gasteiger charge is -2.07. The highest BCUT2D eigenvalue weighted by Crippen LogP contribution is 2.27. The summed E-state index contributed by atoms with van der Waals surface area (Å²) in [5.74, 6) is 0.776. The van der Waals surface area contributed by atoms with Crippen LogP contribution in [0.15, 0.2) is 77.7 Å². The third-order valence-corrected chi connectivity index (χ3v) is 6.03. The Morgan fingerprint density at radius 2 is 1.76 bits per heavy atom. The molecule has 4 aromatic rings. The fourth-order valence-corrected chi connectivity index (χ4v) is 4.20. The highest BCUT2D eigenvalue weighted by atomic mass is 32.2. The Kier molecular flexibility index (Phi) is 4.98. The summed E-state index contributed by atoms with van der Waals surface area (Å²) in [5, 5.41) is 5.30. The predicted octanol–water partition coefficient (Wildman–Crippen LogP) is 4.20. The monoisotopic (exact) mass is 407 g/mol. The number of nitrogens with zero attached hydrogens (tertiary/aromatic N) is 2. The Morgan fingerprint density at radius 1 is 1.00 bits per heavy atom. The standard InChI is InChI=1S/C22H21N3O3S/c1-16-10-12-17(13-11-16)15-25-21-9-4-3-8-20(21)22(23-25)24-29(26,27)19-7-5-6-18(14-19)28-2/h3-14H,15H2,1-2H3,(H,23,24). The maximum Gasteiger partial charge on any atom is 0.263 e. The Labute approximate surface area is 169 Å². The van der Waals surface area contributed by atoms with Gasteiger partial charge in [-0.15, -0.1) is 0 Å². The van der Waals surface area contributed by atoms with E-state index in [-0.39, 0.29) is 4.90 Å². The van der Waals surface area contributed by atoms with Crippen molar-refractivity contribution in [2.24, 2.45) is 0 Å². The van der Waals surface area contributed by atoms with Crippen LogP contribution in [0.1, 0.15) is 11.1 Å². The van der Waals surface area contributed by atoms with Gasteiger partial charge >= 0.3 is 0 Å². The number of hydrogen-bond acceptors (Lipinski definition) is 4. The molecule has 0 aliphatic rings. The molecule has 0 saturated heterocycles. The number of para-hydroxylation sites is 1. The average molecular weight is 407 g/mol. The minimum absolute atomic E-state index is 0.119. The lowest BCUT2D eigenvalue weighted by Crippen LogP contribution is -2.14. The molecule has 0 unspecified atom stereocenters. The molecule has 0 fully saturated rings. The van der Waals surface area contributed by atoms with E-state index in [1.807, 2.05) is 60.1 Å². The topological polar surface area (TPSA) is 73.2 Å². The zero-order valence-corrected chi connectivity index (χ0v) is 17.0. The average Bonchev–Trinajstić information content (AvgIpc) is 3.06. The minimum atomic E-state index is -3.81. The van der Waals surface area contributed by atoms with E-state index in [1.165, 1.54) is 24.8 Å². The van der Waals surface area contributed by atoms with Crippen LogP contribution < -0.4 is 9.46 Å². The number of sulfonamides is 1. The summed E-state index contributed by atoms with van der Waals surface area (Å²) >= 11 is 0. The zero-order chi connectivity index (χ0) is 20.4. The molecule has 1 N–H and O–H groups in total. The van der Waals surface area contributed by atoms with Gasteiger partial charge in [0.05, 0.1) is 24.1 Å². The van der Waals surface area contributed by atoms with Crippen molar-refractivity contribution in [3.8, 4) is 5.75 Å². The van der Waals surface area contributed by atoms with Gasteiger partial charge in [0.25, 0.3) is 10.0 Å². The summed E-state index contributed by atoms with van der Waals surface area (Å²) < 4.78 is 35.4. The third kappa shape index (κ3) is 3.95. The zero-order valence-electron chi connectivity index (χ0n) is 16.2. The lowest BCUT2D eigenvalue weighted by molar-refractivity contribution is 0.413. The first-order valence-corrected chi connectivity index (χ1v) is 10.6. The smallest absolute Gasteiger partial charge is 0.263 e. The van der Waals surface area contributed by atoms with E-state index in [0.717, 1.165) is 16.5 Å². The van der Waals surface area contributed by atoms with Gasteiger partial charge in [0, 0.05) is 11.5 Å². The maximum atomic E-state index is 12.9. The van der Waals surface area contributed by atoms with Crippen LogP contribution in [-0.4, -0.2) is 25.3 Å². The Bertz CT molecular complexity index is 1260. The molecule has 0 radical (unpaired) electrons. The first kappa shape index (κ1) is 19.0. The lowest BCUT2D eigenvalue weighted by atomic mass is 10.1. The number of nitrogens with one attached hydrogen (secondary N) is 1. The quantitative estimate of drug-likeness (QED) is 0.520. The Morgan fingerprint density at radius 3 is 2.52 bits per heavy atom. The van der Waals surface area contributed by atoms with Crippen molar-refractivity contribution in [3.05, 3.63) is 83.9 Å². The number of fused-ring (bicyclic) bond motifs is 1. The molecular weight excluding hydrogens is 386 g/mol. The summed E-state index contributed by atoms with van der Waals surface area (Å²) in [6, 6.07) is 22.1. The number of aromatic nitrogens is 2. The number of anilines is 1. The second kappa shape index (κ2) is 7.60. The molecule has 1 aromatic heterocycles. The molecule has 148 valence electrons. The van der Waals surface area contributed by atoms with Gasteiger partial charge in [-0.25, -0.2) is 8.42 Å². The predicted molar refractivity (Wildman–Crippen MR) is 114 cm³/mol. The van der Waals surface area contributed by atoms with Crippen molar-refractivity contribution in [3.63, 3.8) is 0 Å². The van der Waals surface area contributed by atoms with Gasteiger partial charge in [-0.1, -0.05) is 48.0 Å². The number of aryl methyl sites for hydroxylation is 1. The molecular formula is C22H21N3O3S. The second-order valence-electron chi connectivity index (χ2n) is 6.79. The van der Waals surface area contributed by atoms with Gasteiger partial charge < -0.3 is 4.74 Å². The highest BCUT2D eigenvalue weighted by Gasteiger charge is 2.19. The molecule has 0 spiro atoms. The second-order valence-corrected chi connectivity index (χ2v) is 8.48. The Balaban J connectivity index is 1.71. The Hall–Kier alpha value is -3.32. The molecule has 4 rings (SSSR count). The normalized spacial score (nSPS) is 11.5. The van der Waals surface area contributed by atoms with Gasteiger partial charge in [-0.2, -0.15) is 5.10 Å². The molecule has 29 heavy (non-hydrogen) atoms. The van der Waals surface area contributed by atoms with Gasteiger partial charge in [0.15, 0.2) is 5.82 Å². The first-order chi connectivity index (χ1) is 14.0. The molecule has 1 heterocycles. The van der Waals surface area contributed by atoms with Crippen LogP contribution in [0.5, 0.6) is 5.75 Å². The van der Waals surface area contributed by atoms with Crippen LogP contribution in [0.3, 0.4) is 0 Å². The highest BCUT2D eigenvalue weighted by molar-refractivity contribution is 7.92. The van der Waals surface area contributed by atoms with Gasteiger partial charge in [-0.05, 0) is 36.8 Å². The van der Waals surface area contributed by atoms with E-state index in [0.29, 0.717) is 18.1 Å². The summed E-state index contributed by atoms with van der Waals surface area (Å²) in [7, 11) is -2.31. The summed E-state index contributed by atoms with van der Waals surface area (Å²) in [5.41, 5.74) is 3.13. The fourth-order valence-electron chi connectivity index (χ4n) is 3.14. The summed E-state index contributed by atoms with van der Waals surface area (Å²) in [6.07, 6.45) is 0. The largest absolute Gasteiger partial charge is 0.497 e. The van der Waals surface area contributed by atoms with Crippen molar-refractivity contribution in [1.82, 2.24) is 9.78 Å². The molecule has 0 aliphatic carbocycles. The number of rotatable bonds is 6. The molecule has 6 nitrogen and oxygen atoms in total. The summed E-state index contributed by atoms with van der Waals surface area (Å²) in [4.78, 5) is 0.119. The van der Waals surface area contributed by atoms with Crippen LogP contribution in [0.2, 0.25) is 0 Å². The van der Waals surface area contributed by atoms with Gasteiger partial charge in [0.1, 0.15) is 5.75 Å². The van der Waals surface area contributed by atoms with E-state index in [1.54, 1.807) is 12.1 Å². The van der Waals surface area contributed by atoms with Crippen molar-refractivity contribution in [2.45, 2.75) is 18.4 Å². The van der Waals surface area contributed by atoms with Crippen molar-refractivity contribution in [2.75, 3.05) is 11.8 Å². The molecule has 0 atom stereocenters. The van der Waals surface area contributed by atoms with Crippen LogP contribution in [0.4, 0.5) is 5.82 Å². The van der Waals surface area contributed by atoms with Crippen LogP contribution in [0.25, 0.3) is 10.9 Å². The van der Waals surface area contributed by atoms with Crippen molar-refractivity contribution < 1.29 is 13.2 Å². The van der Waals surface area contributed by atoms with E-state index < -0.39 is 10.0 Å². The van der Waals surface area contributed by atoms with E-state index in [4.69, 9.17) is 4.74 Å². The first-order valence-electron chi connectivity index (χ1n) is 9.14. The van der Waals surface area contributed by atoms with Gasteiger partial charge in [0.2, 0.25) is 0 Å². The third-order valence-electron chi connectivity index (χ3n) is 4.69.